The van der Waals surface area contributed by atoms with E-state index in [2.05, 4.69) is 0 Å². The van der Waals surface area contributed by atoms with Crippen molar-refractivity contribution in [3.05, 3.63) is 0 Å². The zero-order valence-corrected chi connectivity index (χ0v) is 10.4. The van der Waals surface area contributed by atoms with Gasteiger partial charge in [-0.15, -0.1) is 0 Å². The molecule has 5 heteroatoms. The molecule has 1 saturated heterocycles. The SMILES string of the molecule is CCCOC1C(OC)C(C)OC(O)C1OC. The maximum Gasteiger partial charge on any atom is 0.184 e. The maximum absolute atomic E-state index is 9.74. The molecule has 0 aliphatic carbocycles. The minimum absolute atomic E-state index is 0.215. The van der Waals surface area contributed by atoms with Gasteiger partial charge in [-0.05, 0) is 13.3 Å². The molecule has 1 fully saturated rings. The van der Waals surface area contributed by atoms with Gasteiger partial charge in [-0.25, -0.2) is 0 Å². The Morgan fingerprint density at radius 3 is 2.25 bits per heavy atom. The molecule has 5 unspecified atom stereocenters. The van der Waals surface area contributed by atoms with Crippen LogP contribution >= 0.6 is 0 Å². The second-order valence-electron chi connectivity index (χ2n) is 3.97. The number of ether oxygens (including phenoxy) is 4. The van der Waals surface area contributed by atoms with Gasteiger partial charge in [0.1, 0.15) is 18.3 Å². The lowest BCUT2D eigenvalue weighted by molar-refractivity contribution is -0.295. The summed E-state index contributed by atoms with van der Waals surface area (Å²) in [5.41, 5.74) is 0. The zero-order valence-electron chi connectivity index (χ0n) is 10.4. The van der Waals surface area contributed by atoms with Crippen molar-refractivity contribution in [2.24, 2.45) is 0 Å². The van der Waals surface area contributed by atoms with Crippen LogP contribution in [-0.4, -0.2) is 56.6 Å². The van der Waals surface area contributed by atoms with E-state index in [9.17, 15) is 5.11 Å². The summed E-state index contributed by atoms with van der Waals surface area (Å²) in [5, 5.41) is 9.74. The number of aliphatic hydroxyl groups excluding tert-OH is 1. The Morgan fingerprint density at radius 2 is 1.75 bits per heavy atom. The van der Waals surface area contributed by atoms with Crippen molar-refractivity contribution in [1.82, 2.24) is 0 Å². The van der Waals surface area contributed by atoms with Crippen molar-refractivity contribution < 1.29 is 24.1 Å². The molecular weight excluding hydrogens is 212 g/mol. The van der Waals surface area contributed by atoms with Gasteiger partial charge in [0.05, 0.1) is 6.10 Å². The van der Waals surface area contributed by atoms with Crippen LogP contribution < -0.4 is 0 Å². The average Bonchev–Trinajstić information content (AvgIpc) is 2.26. The van der Waals surface area contributed by atoms with Crippen LogP contribution in [0.1, 0.15) is 20.3 Å². The van der Waals surface area contributed by atoms with Gasteiger partial charge in [0.2, 0.25) is 0 Å². The van der Waals surface area contributed by atoms with E-state index >= 15 is 0 Å². The lowest BCUT2D eigenvalue weighted by Crippen LogP contribution is -2.59. The summed E-state index contributed by atoms with van der Waals surface area (Å²) in [6.07, 6.45) is -1.29. The van der Waals surface area contributed by atoms with Crippen LogP contribution in [0.25, 0.3) is 0 Å². The van der Waals surface area contributed by atoms with Crippen molar-refractivity contribution in [3.8, 4) is 0 Å². The van der Waals surface area contributed by atoms with E-state index in [1.807, 2.05) is 13.8 Å². The standard InChI is InChI=1S/C11H22O5/c1-5-6-15-9-8(13-3)7(2)16-11(12)10(9)14-4/h7-12H,5-6H2,1-4H3. The van der Waals surface area contributed by atoms with Gasteiger partial charge in [-0.1, -0.05) is 6.92 Å². The summed E-state index contributed by atoms with van der Waals surface area (Å²) < 4.78 is 21.6. The highest BCUT2D eigenvalue weighted by Gasteiger charge is 2.44. The van der Waals surface area contributed by atoms with Gasteiger partial charge in [0.25, 0.3) is 0 Å². The van der Waals surface area contributed by atoms with Crippen LogP contribution in [0.2, 0.25) is 0 Å². The molecule has 0 spiro atoms. The lowest BCUT2D eigenvalue weighted by Gasteiger charge is -2.42. The monoisotopic (exact) mass is 234 g/mol. The Kier molecular flexibility index (Phi) is 5.64. The Labute approximate surface area is 96.6 Å². The van der Waals surface area contributed by atoms with Crippen molar-refractivity contribution >= 4 is 0 Å². The van der Waals surface area contributed by atoms with Gasteiger partial charge in [0, 0.05) is 20.8 Å². The van der Waals surface area contributed by atoms with Crippen LogP contribution in [-0.2, 0) is 18.9 Å². The number of rotatable bonds is 5. The summed E-state index contributed by atoms with van der Waals surface area (Å²) >= 11 is 0. The molecule has 16 heavy (non-hydrogen) atoms. The van der Waals surface area contributed by atoms with Crippen LogP contribution in [0.4, 0.5) is 0 Å². The normalized spacial score (nSPS) is 39.9. The number of aliphatic hydroxyl groups is 1. The van der Waals surface area contributed by atoms with E-state index in [4.69, 9.17) is 18.9 Å². The number of hydrogen-bond acceptors (Lipinski definition) is 5. The highest BCUT2D eigenvalue weighted by Crippen LogP contribution is 2.26. The van der Waals surface area contributed by atoms with E-state index in [1.54, 1.807) is 7.11 Å². The number of methoxy groups -OCH3 is 2. The smallest absolute Gasteiger partial charge is 0.184 e. The molecule has 1 aliphatic heterocycles. The lowest BCUT2D eigenvalue weighted by atomic mass is 9.99. The Morgan fingerprint density at radius 1 is 1.12 bits per heavy atom. The quantitative estimate of drug-likeness (QED) is 0.752. The highest BCUT2D eigenvalue weighted by molar-refractivity contribution is 4.90. The molecule has 0 aromatic rings. The summed E-state index contributed by atoms with van der Waals surface area (Å²) in [4.78, 5) is 0. The predicted octanol–water partition coefficient (Wildman–Crippen LogP) is 0.549. The van der Waals surface area contributed by atoms with Crippen LogP contribution in [0.15, 0.2) is 0 Å². The molecule has 1 heterocycles. The van der Waals surface area contributed by atoms with E-state index in [0.717, 1.165) is 6.42 Å². The molecule has 1 rings (SSSR count). The van der Waals surface area contributed by atoms with Gasteiger partial charge in [0.15, 0.2) is 6.29 Å². The summed E-state index contributed by atoms with van der Waals surface area (Å²) in [5.74, 6) is 0. The molecule has 0 saturated carbocycles. The molecule has 0 radical (unpaired) electrons. The first-order valence-corrected chi connectivity index (χ1v) is 5.66. The minimum Gasteiger partial charge on any atom is -0.376 e. The average molecular weight is 234 g/mol. The van der Waals surface area contributed by atoms with Gasteiger partial charge in [-0.3, -0.25) is 0 Å². The fourth-order valence-corrected chi connectivity index (χ4v) is 2.01. The molecule has 5 atom stereocenters. The molecule has 0 amide bonds. The highest BCUT2D eigenvalue weighted by atomic mass is 16.7. The molecule has 0 aromatic heterocycles. The number of hydrogen-bond donors (Lipinski definition) is 1. The van der Waals surface area contributed by atoms with E-state index < -0.39 is 12.4 Å². The second-order valence-corrected chi connectivity index (χ2v) is 3.97. The van der Waals surface area contributed by atoms with Crippen molar-refractivity contribution in [3.63, 3.8) is 0 Å². The Bertz CT molecular complexity index is 183. The van der Waals surface area contributed by atoms with Crippen LogP contribution in [0, 0.1) is 0 Å². The largest absolute Gasteiger partial charge is 0.376 e. The zero-order chi connectivity index (χ0) is 12.1. The van der Waals surface area contributed by atoms with E-state index in [0.29, 0.717) is 6.61 Å². The first-order chi connectivity index (χ1) is 7.65. The van der Waals surface area contributed by atoms with E-state index in [-0.39, 0.29) is 18.3 Å². The van der Waals surface area contributed by atoms with Gasteiger partial charge in [-0.2, -0.15) is 0 Å². The molecule has 1 aliphatic rings. The minimum atomic E-state index is -0.965. The third kappa shape index (κ3) is 2.93. The fraction of sp³-hybridized carbons (Fsp3) is 1.00. The second kappa shape index (κ2) is 6.51. The van der Waals surface area contributed by atoms with Gasteiger partial charge >= 0.3 is 0 Å². The first kappa shape index (κ1) is 13.9. The molecule has 1 N–H and O–H groups in total. The summed E-state index contributed by atoms with van der Waals surface area (Å²) in [6, 6.07) is 0. The van der Waals surface area contributed by atoms with Gasteiger partial charge < -0.3 is 24.1 Å². The topological polar surface area (TPSA) is 57.2 Å². The fourth-order valence-electron chi connectivity index (χ4n) is 2.01. The van der Waals surface area contributed by atoms with Crippen LogP contribution in [0.5, 0.6) is 0 Å². The summed E-state index contributed by atoms with van der Waals surface area (Å²) in [7, 11) is 3.14. The maximum atomic E-state index is 9.74. The Hall–Kier alpha value is -0.200. The molecule has 0 aromatic carbocycles. The predicted molar refractivity (Wildman–Crippen MR) is 58.2 cm³/mol. The molecular formula is C11H22O5. The Balaban J connectivity index is 2.72. The van der Waals surface area contributed by atoms with Crippen molar-refractivity contribution in [2.45, 2.75) is 51.0 Å². The first-order valence-electron chi connectivity index (χ1n) is 5.66. The summed E-state index contributed by atoms with van der Waals surface area (Å²) in [6.45, 7) is 4.50. The van der Waals surface area contributed by atoms with Crippen molar-refractivity contribution in [1.29, 1.82) is 0 Å². The molecule has 5 nitrogen and oxygen atoms in total. The van der Waals surface area contributed by atoms with Crippen LogP contribution in [0.3, 0.4) is 0 Å². The molecule has 96 valence electrons. The van der Waals surface area contributed by atoms with Crippen molar-refractivity contribution in [2.75, 3.05) is 20.8 Å². The molecule has 0 bridgehead atoms. The van der Waals surface area contributed by atoms with E-state index in [1.165, 1.54) is 7.11 Å². The third-order valence-corrected chi connectivity index (χ3v) is 2.80. The third-order valence-electron chi connectivity index (χ3n) is 2.80.